The summed E-state index contributed by atoms with van der Waals surface area (Å²) >= 11 is 0. The van der Waals surface area contributed by atoms with Gasteiger partial charge in [0.25, 0.3) is 5.91 Å². The van der Waals surface area contributed by atoms with Gasteiger partial charge in [-0.3, -0.25) is 4.79 Å². The van der Waals surface area contributed by atoms with Gasteiger partial charge in [0.15, 0.2) is 17.2 Å². The average molecular weight is 309 g/mol. The van der Waals surface area contributed by atoms with Crippen molar-refractivity contribution in [3.63, 3.8) is 0 Å². The van der Waals surface area contributed by atoms with Crippen LogP contribution in [0, 0.1) is 0 Å². The quantitative estimate of drug-likeness (QED) is 0.392. The number of nitrogens with one attached hydrogen (secondary N) is 1. The van der Waals surface area contributed by atoms with Crippen LogP contribution in [0.15, 0.2) is 12.1 Å². The highest BCUT2D eigenvalue weighted by atomic mass is 16.3. The first-order valence-corrected chi connectivity index (χ1v) is 8.09. The summed E-state index contributed by atoms with van der Waals surface area (Å²) in [5.41, 5.74) is 0.132. The van der Waals surface area contributed by atoms with Crippen molar-refractivity contribution in [2.75, 3.05) is 6.54 Å². The average Bonchev–Trinajstić information content (AvgIpc) is 2.50. The van der Waals surface area contributed by atoms with Crippen molar-refractivity contribution in [1.29, 1.82) is 0 Å². The van der Waals surface area contributed by atoms with Crippen molar-refractivity contribution in [3.05, 3.63) is 17.7 Å². The van der Waals surface area contributed by atoms with E-state index in [1.54, 1.807) is 0 Å². The maximum Gasteiger partial charge on any atom is 0.251 e. The normalized spacial score (nSPS) is 10.6. The Balaban J connectivity index is 2.19. The molecule has 1 aromatic carbocycles. The number of hydrogen-bond acceptors (Lipinski definition) is 4. The summed E-state index contributed by atoms with van der Waals surface area (Å²) in [6.45, 7) is 2.77. The number of phenols is 3. The van der Waals surface area contributed by atoms with E-state index in [9.17, 15) is 20.1 Å². The van der Waals surface area contributed by atoms with Gasteiger partial charge in [0, 0.05) is 12.1 Å². The number of unbranched alkanes of at least 4 members (excludes halogenated alkanes) is 7. The third kappa shape index (κ3) is 6.24. The Morgan fingerprint density at radius 2 is 1.41 bits per heavy atom. The molecule has 0 heterocycles. The first-order chi connectivity index (χ1) is 10.6. The van der Waals surface area contributed by atoms with E-state index in [1.807, 2.05) is 0 Å². The molecule has 1 rings (SSSR count). The van der Waals surface area contributed by atoms with Crippen LogP contribution in [0.3, 0.4) is 0 Å². The SMILES string of the molecule is CCCCCCCCCCNC(=O)c1cc(O)c(O)c(O)c1. The summed E-state index contributed by atoms with van der Waals surface area (Å²) in [6.07, 6.45) is 9.58. The molecule has 0 atom stereocenters. The Labute approximate surface area is 132 Å². The van der Waals surface area contributed by atoms with Crippen LogP contribution in [0.1, 0.15) is 68.6 Å². The Hall–Kier alpha value is -1.91. The van der Waals surface area contributed by atoms with E-state index in [0.717, 1.165) is 25.0 Å². The minimum absolute atomic E-state index is 0.132. The van der Waals surface area contributed by atoms with Crippen molar-refractivity contribution in [2.24, 2.45) is 0 Å². The molecule has 0 saturated carbocycles. The number of hydrogen-bond donors (Lipinski definition) is 4. The van der Waals surface area contributed by atoms with Crippen LogP contribution in [0.4, 0.5) is 0 Å². The number of benzene rings is 1. The van der Waals surface area contributed by atoms with Crippen LogP contribution in [0.25, 0.3) is 0 Å². The molecule has 0 saturated heterocycles. The highest BCUT2D eigenvalue weighted by Gasteiger charge is 2.12. The van der Waals surface area contributed by atoms with Gasteiger partial charge in [-0.25, -0.2) is 0 Å². The molecule has 0 aromatic heterocycles. The number of amides is 1. The zero-order valence-electron chi connectivity index (χ0n) is 13.3. The summed E-state index contributed by atoms with van der Waals surface area (Å²) in [5.74, 6) is -1.98. The van der Waals surface area contributed by atoms with Crippen LogP contribution in [-0.2, 0) is 0 Å². The van der Waals surface area contributed by atoms with Crippen molar-refractivity contribution in [2.45, 2.75) is 58.3 Å². The predicted molar refractivity (Wildman–Crippen MR) is 86.4 cm³/mol. The Morgan fingerprint density at radius 1 is 0.909 bits per heavy atom. The number of carbonyl (C=O) groups is 1. The standard InChI is InChI=1S/C17H27NO4/c1-2-3-4-5-6-7-8-9-10-18-17(22)13-11-14(19)16(21)15(20)12-13/h11-12,19-21H,2-10H2,1H3,(H,18,22). The molecule has 5 heteroatoms. The summed E-state index contributed by atoms with van der Waals surface area (Å²) in [7, 11) is 0. The van der Waals surface area contributed by atoms with Gasteiger partial charge in [-0.1, -0.05) is 51.9 Å². The second-order valence-electron chi connectivity index (χ2n) is 5.59. The van der Waals surface area contributed by atoms with Crippen LogP contribution in [0.5, 0.6) is 17.2 Å². The van der Waals surface area contributed by atoms with Crippen molar-refractivity contribution < 1.29 is 20.1 Å². The Kier molecular flexibility index (Phi) is 8.18. The second-order valence-corrected chi connectivity index (χ2v) is 5.59. The molecule has 0 bridgehead atoms. The van der Waals surface area contributed by atoms with Crippen LogP contribution in [-0.4, -0.2) is 27.8 Å². The Morgan fingerprint density at radius 3 is 1.95 bits per heavy atom. The second kappa shape index (κ2) is 9.92. The molecule has 0 spiro atoms. The molecular weight excluding hydrogens is 282 g/mol. The summed E-state index contributed by atoms with van der Waals surface area (Å²) in [4.78, 5) is 11.9. The third-order valence-corrected chi connectivity index (χ3v) is 3.65. The molecule has 124 valence electrons. The third-order valence-electron chi connectivity index (χ3n) is 3.65. The lowest BCUT2D eigenvalue weighted by Gasteiger charge is -2.07. The fourth-order valence-electron chi connectivity index (χ4n) is 2.30. The molecule has 0 fully saturated rings. The molecular formula is C17H27NO4. The fourth-order valence-corrected chi connectivity index (χ4v) is 2.30. The molecule has 0 unspecified atom stereocenters. The van der Waals surface area contributed by atoms with E-state index in [1.165, 1.54) is 38.5 Å². The molecule has 1 aromatic rings. The number of carbonyl (C=O) groups excluding carboxylic acids is 1. The first-order valence-electron chi connectivity index (χ1n) is 8.09. The zero-order chi connectivity index (χ0) is 16.4. The van der Waals surface area contributed by atoms with E-state index in [4.69, 9.17) is 0 Å². The molecule has 0 aliphatic heterocycles. The van der Waals surface area contributed by atoms with Gasteiger partial charge in [-0.05, 0) is 18.6 Å². The number of rotatable bonds is 10. The van der Waals surface area contributed by atoms with Crippen molar-refractivity contribution in [1.82, 2.24) is 5.32 Å². The smallest absolute Gasteiger partial charge is 0.251 e. The molecule has 4 N–H and O–H groups in total. The van der Waals surface area contributed by atoms with Crippen LogP contribution in [0.2, 0.25) is 0 Å². The molecule has 1 amide bonds. The lowest BCUT2D eigenvalue weighted by Crippen LogP contribution is -2.24. The molecule has 0 aliphatic carbocycles. The molecule has 22 heavy (non-hydrogen) atoms. The van der Waals surface area contributed by atoms with Gasteiger partial charge in [0.2, 0.25) is 0 Å². The topological polar surface area (TPSA) is 89.8 Å². The van der Waals surface area contributed by atoms with E-state index in [-0.39, 0.29) is 11.5 Å². The maximum absolute atomic E-state index is 11.9. The van der Waals surface area contributed by atoms with Gasteiger partial charge < -0.3 is 20.6 Å². The lowest BCUT2D eigenvalue weighted by atomic mass is 10.1. The van der Waals surface area contributed by atoms with Gasteiger partial charge in [0.1, 0.15) is 0 Å². The van der Waals surface area contributed by atoms with E-state index < -0.39 is 17.2 Å². The summed E-state index contributed by atoms with van der Waals surface area (Å²) < 4.78 is 0. The van der Waals surface area contributed by atoms with Gasteiger partial charge in [-0.15, -0.1) is 0 Å². The fraction of sp³-hybridized carbons (Fsp3) is 0.588. The molecule has 0 aliphatic rings. The summed E-state index contributed by atoms with van der Waals surface area (Å²) in [5, 5.41) is 30.7. The highest BCUT2D eigenvalue weighted by molar-refractivity contribution is 5.95. The van der Waals surface area contributed by atoms with Crippen molar-refractivity contribution in [3.8, 4) is 17.2 Å². The minimum Gasteiger partial charge on any atom is -0.504 e. The minimum atomic E-state index is -0.611. The van der Waals surface area contributed by atoms with Crippen LogP contribution < -0.4 is 5.32 Å². The van der Waals surface area contributed by atoms with E-state index in [2.05, 4.69) is 12.2 Å². The van der Waals surface area contributed by atoms with Crippen molar-refractivity contribution >= 4 is 5.91 Å². The number of phenolic OH excluding ortho intramolecular Hbond substituents is 3. The summed E-state index contributed by atoms with van der Waals surface area (Å²) in [6, 6.07) is 2.27. The Bertz CT molecular complexity index is 451. The maximum atomic E-state index is 11.9. The van der Waals surface area contributed by atoms with Gasteiger partial charge >= 0.3 is 0 Å². The van der Waals surface area contributed by atoms with E-state index >= 15 is 0 Å². The first kappa shape index (κ1) is 18.1. The van der Waals surface area contributed by atoms with Crippen LogP contribution >= 0.6 is 0 Å². The van der Waals surface area contributed by atoms with E-state index in [0.29, 0.717) is 6.54 Å². The highest BCUT2D eigenvalue weighted by Crippen LogP contribution is 2.35. The molecule has 5 nitrogen and oxygen atoms in total. The molecule has 0 radical (unpaired) electrons. The van der Waals surface area contributed by atoms with Gasteiger partial charge in [0.05, 0.1) is 0 Å². The zero-order valence-corrected chi connectivity index (χ0v) is 13.3. The monoisotopic (exact) mass is 309 g/mol. The number of aromatic hydroxyl groups is 3. The largest absolute Gasteiger partial charge is 0.504 e. The predicted octanol–water partition coefficient (Wildman–Crippen LogP) is 3.67. The van der Waals surface area contributed by atoms with Gasteiger partial charge in [-0.2, -0.15) is 0 Å². The lowest BCUT2D eigenvalue weighted by molar-refractivity contribution is 0.0952.